The van der Waals surface area contributed by atoms with Crippen LogP contribution >= 0.6 is 0 Å². The third-order valence-electron chi connectivity index (χ3n) is 3.43. The minimum Gasteiger partial charge on any atom is -0.366 e. The summed E-state index contributed by atoms with van der Waals surface area (Å²) in [6, 6.07) is 0. The summed E-state index contributed by atoms with van der Waals surface area (Å²) in [5.74, 6) is 0.935. The van der Waals surface area contributed by atoms with E-state index in [-0.39, 0.29) is 11.6 Å². The molecule has 15 heavy (non-hydrogen) atoms. The van der Waals surface area contributed by atoms with Crippen LogP contribution in [0, 0.1) is 11.3 Å². The number of ether oxygens (including phenoxy) is 1. The maximum absolute atomic E-state index is 5.68. The molecule has 0 spiro atoms. The Labute approximate surface area is 95.0 Å². The van der Waals surface area contributed by atoms with Crippen molar-refractivity contribution in [3.05, 3.63) is 0 Å². The molecule has 0 amide bonds. The van der Waals surface area contributed by atoms with Crippen molar-refractivity contribution in [2.45, 2.75) is 52.7 Å². The van der Waals surface area contributed by atoms with Crippen molar-refractivity contribution in [2.75, 3.05) is 20.7 Å². The lowest BCUT2D eigenvalue weighted by molar-refractivity contribution is -0.0982. The van der Waals surface area contributed by atoms with E-state index in [1.807, 2.05) is 7.11 Å². The smallest absolute Gasteiger partial charge is 0.115 e. The molecule has 0 aromatic heterocycles. The number of nitrogens with zero attached hydrogens (tertiary/aromatic N) is 1. The van der Waals surface area contributed by atoms with Crippen molar-refractivity contribution >= 4 is 0 Å². The monoisotopic (exact) mass is 213 g/mol. The topological polar surface area (TPSA) is 12.5 Å². The molecule has 1 aliphatic rings. The van der Waals surface area contributed by atoms with Crippen LogP contribution in [0.3, 0.4) is 0 Å². The Hall–Kier alpha value is -0.0800. The summed E-state index contributed by atoms with van der Waals surface area (Å²) in [5, 5.41) is 0. The Morgan fingerprint density at radius 3 is 2.40 bits per heavy atom. The summed E-state index contributed by atoms with van der Waals surface area (Å²) >= 11 is 0. The van der Waals surface area contributed by atoms with Crippen LogP contribution < -0.4 is 0 Å². The van der Waals surface area contributed by atoms with Gasteiger partial charge in [-0.3, -0.25) is 4.90 Å². The second-order valence-corrected chi connectivity index (χ2v) is 5.71. The Bertz CT molecular complexity index is 187. The fraction of sp³-hybridized carbons (Fsp3) is 1.00. The first-order valence-electron chi connectivity index (χ1n) is 6.24. The fourth-order valence-corrected chi connectivity index (χ4v) is 2.67. The standard InChI is InChI=1S/C13H27NO/c1-6-9-13(2,3)12(15-5)14(4)10-11-7-8-11/h11-12H,6-10H2,1-5H3. The van der Waals surface area contributed by atoms with Gasteiger partial charge in [-0.25, -0.2) is 0 Å². The van der Waals surface area contributed by atoms with Gasteiger partial charge in [-0.1, -0.05) is 27.2 Å². The molecule has 1 saturated carbocycles. The third-order valence-corrected chi connectivity index (χ3v) is 3.43. The molecule has 0 bridgehead atoms. The van der Waals surface area contributed by atoms with E-state index < -0.39 is 0 Å². The van der Waals surface area contributed by atoms with Crippen molar-refractivity contribution < 1.29 is 4.74 Å². The highest BCUT2D eigenvalue weighted by molar-refractivity contribution is 4.82. The Morgan fingerprint density at radius 2 is 2.00 bits per heavy atom. The van der Waals surface area contributed by atoms with Gasteiger partial charge in [-0.15, -0.1) is 0 Å². The zero-order valence-corrected chi connectivity index (χ0v) is 11.0. The van der Waals surface area contributed by atoms with Crippen molar-refractivity contribution in [3.63, 3.8) is 0 Å². The predicted molar refractivity (Wildman–Crippen MR) is 64.8 cm³/mol. The Balaban J connectivity index is 2.50. The zero-order chi connectivity index (χ0) is 11.5. The lowest BCUT2D eigenvalue weighted by atomic mass is 9.85. The maximum atomic E-state index is 5.68. The van der Waals surface area contributed by atoms with E-state index in [1.165, 1.54) is 32.2 Å². The van der Waals surface area contributed by atoms with E-state index in [9.17, 15) is 0 Å². The molecule has 0 aromatic rings. The molecule has 0 radical (unpaired) electrons. The van der Waals surface area contributed by atoms with Gasteiger partial charge in [0.15, 0.2) is 0 Å². The number of hydrogen-bond acceptors (Lipinski definition) is 2. The van der Waals surface area contributed by atoms with Crippen LogP contribution in [-0.2, 0) is 4.74 Å². The van der Waals surface area contributed by atoms with Gasteiger partial charge in [-0.05, 0) is 32.2 Å². The number of hydrogen-bond donors (Lipinski definition) is 0. The number of methoxy groups -OCH3 is 1. The first-order valence-corrected chi connectivity index (χ1v) is 6.24. The molecule has 90 valence electrons. The molecule has 0 N–H and O–H groups in total. The molecule has 1 atom stereocenters. The minimum atomic E-state index is 0.257. The average molecular weight is 213 g/mol. The molecule has 1 unspecified atom stereocenters. The molecule has 2 nitrogen and oxygen atoms in total. The minimum absolute atomic E-state index is 0.257. The van der Waals surface area contributed by atoms with Crippen molar-refractivity contribution in [1.29, 1.82) is 0 Å². The third kappa shape index (κ3) is 3.76. The maximum Gasteiger partial charge on any atom is 0.115 e. The second kappa shape index (κ2) is 5.31. The summed E-state index contributed by atoms with van der Waals surface area (Å²) in [7, 11) is 4.04. The van der Waals surface area contributed by atoms with Crippen molar-refractivity contribution in [1.82, 2.24) is 4.90 Å². The van der Waals surface area contributed by atoms with Crippen molar-refractivity contribution in [3.8, 4) is 0 Å². The van der Waals surface area contributed by atoms with Crippen LogP contribution in [-0.4, -0.2) is 31.8 Å². The average Bonchev–Trinajstić information content (AvgIpc) is 2.88. The van der Waals surface area contributed by atoms with Crippen LogP contribution in [0.2, 0.25) is 0 Å². The zero-order valence-electron chi connectivity index (χ0n) is 11.0. The fourth-order valence-electron chi connectivity index (χ4n) is 2.67. The van der Waals surface area contributed by atoms with Gasteiger partial charge in [0.25, 0.3) is 0 Å². The van der Waals surface area contributed by atoms with Gasteiger partial charge < -0.3 is 4.74 Å². The van der Waals surface area contributed by atoms with Crippen LogP contribution in [0.1, 0.15) is 46.5 Å². The van der Waals surface area contributed by atoms with Crippen molar-refractivity contribution in [2.24, 2.45) is 11.3 Å². The molecule has 0 saturated heterocycles. The molecule has 0 aromatic carbocycles. The summed E-state index contributed by atoms with van der Waals surface area (Å²) < 4.78 is 5.68. The largest absolute Gasteiger partial charge is 0.366 e. The first kappa shape index (κ1) is 13.0. The van der Waals surface area contributed by atoms with Crippen LogP contribution in [0.25, 0.3) is 0 Å². The molecular formula is C13H27NO. The molecule has 1 aliphatic carbocycles. The first-order chi connectivity index (χ1) is 7.01. The highest BCUT2D eigenvalue weighted by Gasteiger charge is 2.34. The Morgan fingerprint density at radius 1 is 1.40 bits per heavy atom. The highest BCUT2D eigenvalue weighted by atomic mass is 16.5. The van der Waals surface area contributed by atoms with E-state index in [0.29, 0.717) is 0 Å². The normalized spacial score (nSPS) is 19.6. The molecule has 1 fully saturated rings. The van der Waals surface area contributed by atoms with E-state index in [0.717, 1.165) is 5.92 Å². The van der Waals surface area contributed by atoms with Crippen LogP contribution in [0.5, 0.6) is 0 Å². The van der Waals surface area contributed by atoms with Gasteiger partial charge in [0, 0.05) is 19.1 Å². The van der Waals surface area contributed by atoms with Gasteiger partial charge in [0.2, 0.25) is 0 Å². The molecule has 1 rings (SSSR count). The van der Waals surface area contributed by atoms with Gasteiger partial charge in [-0.2, -0.15) is 0 Å². The lowest BCUT2D eigenvalue weighted by Crippen LogP contribution is -2.45. The summed E-state index contributed by atoms with van der Waals surface area (Å²) in [6.07, 6.45) is 5.53. The quantitative estimate of drug-likeness (QED) is 0.602. The van der Waals surface area contributed by atoms with Gasteiger partial charge >= 0.3 is 0 Å². The van der Waals surface area contributed by atoms with E-state index in [2.05, 4.69) is 32.7 Å². The van der Waals surface area contributed by atoms with Gasteiger partial charge in [0.05, 0.1) is 0 Å². The number of rotatable bonds is 7. The SMILES string of the molecule is CCCC(C)(C)C(OC)N(C)CC1CC1. The van der Waals surface area contributed by atoms with Gasteiger partial charge in [0.1, 0.15) is 6.23 Å². The van der Waals surface area contributed by atoms with E-state index >= 15 is 0 Å². The van der Waals surface area contributed by atoms with Crippen LogP contribution in [0.4, 0.5) is 0 Å². The van der Waals surface area contributed by atoms with E-state index in [4.69, 9.17) is 4.74 Å². The lowest BCUT2D eigenvalue weighted by Gasteiger charge is -2.39. The predicted octanol–water partition coefficient (Wildman–Crippen LogP) is 3.13. The molecule has 2 heteroatoms. The Kier molecular flexibility index (Phi) is 4.60. The molecule has 0 aliphatic heterocycles. The van der Waals surface area contributed by atoms with Crippen LogP contribution in [0.15, 0.2) is 0 Å². The summed E-state index contributed by atoms with van der Waals surface area (Å²) in [4.78, 5) is 2.40. The molecular weight excluding hydrogens is 186 g/mol. The van der Waals surface area contributed by atoms with E-state index in [1.54, 1.807) is 0 Å². The highest BCUT2D eigenvalue weighted by Crippen LogP contribution is 2.34. The second-order valence-electron chi connectivity index (χ2n) is 5.71. The summed E-state index contributed by atoms with van der Waals surface area (Å²) in [5.41, 5.74) is 0.257. The molecule has 0 heterocycles. The summed E-state index contributed by atoms with van der Waals surface area (Å²) in [6.45, 7) is 8.07.